The Kier molecular flexibility index (Phi) is 6.35. The smallest absolute Gasteiger partial charge is 0.146 e. The van der Waals surface area contributed by atoms with E-state index in [1.165, 1.54) is 18.1 Å². The van der Waals surface area contributed by atoms with Crippen LogP contribution in [-0.2, 0) is 4.43 Å². The van der Waals surface area contributed by atoms with Crippen LogP contribution < -0.4 is 0 Å². The summed E-state index contributed by atoms with van der Waals surface area (Å²) in [5.74, 6) is 0. The van der Waals surface area contributed by atoms with Crippen molar-refractivity contribution >= 4 is 31.2 Å². The van der Waals surface area contributed by atoms with Gasteiger partial charge in [0.15, 0.2) is 0 Å². The molecular formula is C12H30OSSi2. The second kappa shape index (κ2) is 6.07. The molecule has 0 rings (SSSR count). The van der Waals surface area contributed by atoms with Gasteiger partial charge in [0.25, 0.3) is 0 Å². The van der Waals surface area contributed by atoms with E-state index in [9.17, 15) is 0 Å². The molecule has 0 aromatic rings. The maximum absolute atomic E-state index is 5.90. The Bertz CT molecular complexity index is 209. The van der Waals surface area contributed by atoms with E-state index in [1.54, 1.807) is 0 Å². The number of hydrogen-bond acceptors (Lipinski definition) is 2. The highest BCUT2D eigenvalue weighted by Gasteiger charge is 2.54. The SMILES string of the molecule is CC[C@](S)(C(C)(C)O[SiH3])[Si](CC)(CC)CC. The number of rotatable bonds is 7. The molecule has 0 saturated carbocycles. The van der Waals surface area contributed by atoms with E-state index in [0.29, 0.717) is 0 Å². The van der Waals surface area contributed by atoms with E-state index in [2.05, 4.69) is 41.5 Å². The summed E-state index contributed by atoms with van der Waals surface area (Å²) in [6.07, 6.45) is 1.12. The average molecular weight is 279 g/mol. The van der Waals surface area contributed by atoms with E-state index in [4.69, 9.17) is 17.1 Å². The predicted molar refractivity (Wildman–Crippen MR) is 84.3 cm³/mol. The Morgan fingerprint density at radius 2 is 1.44 bits per heavy atom. The minimum absolute atomic E-state index is 0.0780. The largest absolute Gasteiger partial charge is 0.422 e. The zero-order valence-electron chi connectivity index (χ0n) is 12.2. The van der Waals surface area contributed by atoms with Gasteiger partial charge in [-0.25, -0.2) is 0 Å². The van der Waals surface area contributed by atoms with Crippen LogP contribution in [0.4, 0.5) is 0 Å². The molecule has 0 heterocycles. The average Bonchev–Trinajstić information content (AvgIpc) is 2.31. The van der Waals surface area contributed by atoms with Gasteiger partial charge in [-0.05, 0) is 20.3 Å². The van der Waals surface area contributed by atoms with Gasteiger partial charge in [0.05, 0.1) is 13.7 Å². The summed E-state index contributed by atoms with van der Waals surface area (Å²) >= 11 is 5.16. The third-order valence-electron chi connectivity index (χ3n) is 4.93. The normalized spacial score (nSPS) is 17.4. The Morgan fingerprint density at radius 3 is 1.62 bits per heavy atom. The Morgan fingerprint density at radius 1 is 1.06 bits per heavy atom. The molecule has 0 fully saturated rings. The van der Waals surface area contributed by atoms with Gasteiger partial charge in [-0.1, -0.05) is 45.8 Å². The fourth-order valence-electron chi connectivity index (χ4n) is 3.24. The zero-order chi connectivity index (χ0) is 13.0. The molecule has 0 aliphatic heterocycles. The van der Waals surface area contributed by atoms with Gasteiger partial charge < -0.3 is 4.43 Å². The van der Waals surface area contributed by atoms with Crippen LogP contribution in [0.2, 0.25) is 18.1 Å². The van der Waals surface area contributed by atoms with Crippen molar-refractivity contribution in [1.29, 1.82) is 0 Å². The molecule has 98 valence electrons. The van der Waals surface area contributed by atoms with Crippen LogP contribution in [0, 0.1) is 0 Å². The molecule has 0 radical (unpaired) electrons. The number of hydrogen-bond donors (Lipinski definition) is 1. The van der Waals surface area contributed by atoms with Gasteiger partial charge >= 0.3 is 0 Å². The van der Waals surface area contributed by atoms with E-state index in [0.717, 1.165) is 16.9 Å². The van der Waals surface area contributed by atoms with Crippen LogP contribution >= 0.6 is 12.6 Å². The minimum Gasteiger partial charge on any atom is -0.422 e. The van der Waals surface area contributed by atoms with Gasteiger partial charge in [-0.2, -0.15) is 12.6 Å². The van der Waals surface area contributed by atoms with Crippen LogP contribution in [-0.4, -0.2) is 28.5 Å². The summed E-state index contributed by atoms with van der Waals surface area (Å²) in [6.45, 7) is 13.8. The highest BCUT2D eigenvalue weighted by atomic mass is 32.1. The first kappa shape index (κ1) is 16.7. The molecule has 0 N–H and O–H groups in total. The third kappa shape index (κ3) is 2.45. The topological polar surface area (TPSA) is 9.23 Å². The molecule has 16 heavy (non-hydrogen) atoms. The molecule has 1 atom stereocenters. The molecule has 0 aromatic heterocycles. The van der Waals surface area contributed by atoms with Crippen molar-refractivity contribution in [2.75, 3.05) is 0 Å². The standard InChI is InChI=1S/C12H30OSSi2/c1-7-12(14,11(5,6)13-15)16(8-2,9-3)10-4/h14H,7-10H2,1-6,15H3/t12-/m1/s1. The van der Waals surface area contributed by atoms with Gasteiger partial charge in [0.2, 0.25) is 0 Å². The fourth-order valence-corrected chi connectivity index (χ4v) is 10.9. The maximum atomic E-state index is 5.90. The quantitative estimate of drug-likeness (QED) is 0.556. The van der Waals surface area contributed by atoms with Crippen LogP contribution in [0.15, 0.2) is 0 Å². The summed E-state index contributed by atoms with van der Waals surface area (Å²) in [5, 5.41) is 0. The maximum Gasteiger partial charge on any atom is 0.146 e. The van der Waals surface area contributed by atoms with E-state index >= 15 is 0 Å². The van der Waals surface area contributed by atoms with Gasteiger partial charge in [-0.15, -0.1) is 0 Å². The highest BCUT2D eigenvalue weighted by molar-refractivity contribution is 7.84. The first-order valence-electron chi connectivity index (χ1n) is 6.58. The molecule has 0 aliphatic rings. The summed E-state index contributed by atoms with van der Waals surface area (Å²) in [6, 6.07) is 3.93. The molecule has 0 saturated heterocycles. The monoisotopic (exact) mass is 278 g/mol. The van der Waals surface area contributed by atoms with Crippen molar-refractivity contribution in [3.8, 4) is 0 Å². The van der Waals surface area contributed by atoms with Crippen LogP contribution in [0.25, 0.3) is 0 Å². The molecule has 0 aromatic carbocycles. The van der Waals surface area contributed by atoms with Gasteiger partial charge in [0, 0.05) is 4.37 Å². The molecule has 4 heteroatoms. The van der Waals surface area contributed by atoms with E-state index in [-0.39, 0.29) is 9.97 Å². The first-order valence-corrected chi connectivity index (χ1v) is 10.5. The van der Waals surface area contributed by atoms with E-state index < -0.39 is 8.07 Å². The predicted octanol–water partition coefficient (Wildman–Crippen LogP) is 3.19. The summed E-state index contributed by atoms with van der Waals surface area (Å²) < 4.78 is 6.00. The van der Waals surface area contributed by atoms with Crippen molar-refractivity contribution in [2.24, 2.45) is 0 Å². The second-order valence-corrected chi connectivity index (χ2v) is 12.4. The lowest BCUT2D eigenvalue weighted by atomic mass is 10.0. The van der Waals surface area contributed by atoms with Gasteiger partial charge in [-0.3, -0.25) is 0 Å². The summed E-state index contributed by atoms with van der Waals surface area (Å²) in [7, 11) is -0.569. The Labute approximate surface area is 112 Å². The minimum atomic E-state index is -1.37. The lowest BCUT2D eigenvalue weighted by molar-refractivity contribution is 0.0993. The molecule has 0 amide bonds. The van der Waals surface area contributed by atoms with Crippen molar-refractivity contribution < 1.29 is 4.43 Å². The molecule has 1 nitrogen and oxygen atoms in total. The van der Waals surface area contributed by atoms with Crippen molar-refractivity contribution in [3.63, 3.8) is 0 Å². The number of thiol groups is 1. The van der Waals surface area contributed by atoms with Crippen LogP contribution in [0.3, 0.4) is 0 Å². The molecular weight excluding hydrogens is 248 g/mol. The Hall–Kier alpha value is 0.744. The second-order valence-electron chi connectivity index (χ2n) is 5.27. The fraction of sp³-hybridized carbons (Fsp3) is 1.00. The van der Waals surface area contributed by atoms with Crippen LogP contribution in [0.5, 0.6) is 0 Å². The van der Waals surface area contributed by atoms with Gasteiger partial charge in [0.1, 0.15) is 10.5 Å². The zero-order valence-corrected chi connectivity index (χ0v) is 16.1. The molecule has 0 bridgehead atoms. The first-order chi connectivity index (χ1) is 7.30. The van der Waals surface area contributed by atoms with Crippen molar-refractivity contribution in [1.82, 2.24) is 0 Å². The van der Waals surface area contributed by atoms with Crippen LogP contribution in [0.1, 0.15) is 48.0 Å². The molecule has 0 unspecified atom stereocenters. The Balaban J connectivity index is 5.52. The summed E-state index contributed by atoms with van der Waals surface area (Å²) in [5.41, 5.74) is -0.0780. The highest BCUT2D eigenvalue weighted by Crippen LogP contribution is 2.47. The lowest BCUT2D eigenvalue weighted by Gasteiger charge is -2.54. The van der Waals surface area contributed by atoms with Crippen molar-refractivity contribution in [2.45, 2.75) is 76.1 Å². The summed E-state index contributed by atoms with van der Waals surface area (Å²) in [4.78, 5) is 0. The third-order valence-corrected chi connectivity index (χ3v) is 15.0. The lowest BCUT2D eigenvalue weighted by Crippen LogP contribution is -2.65. The molecule has 0 aliphatic carbocycles. The van der Waals surface area contributed by atoms with E-state index in [1.807, 2.05) is 0 Å². The molecule has 0 spiro atoms. The van der Waals surface area contributed by atoms with Crippen molar-refractivity contribution in [3.05, 3.63) is 0 Å².